The number of fused-ring (bicyclic) bond motifs is 1. The fraction of sp³-hybridized carbons (Fsp3) is 0.522. The smallest absolute Gasteiger partial charge is 0.409 e. The summed E-state index contributed by atoms with van der Waals surface area (Å²) in [6.45, 7) is 4.94. The Kier molecular flexibility index (Phi) is 6.85. The first-order chi connectivity index (χ1) is 15.9. The molecule has 0 unspecified atom stereocenters. The van der Waals surface area contributed by atoms with Gasteiger partial charge in [0.15, 0.2) is 0 Å². The highest BCUT2D eigenvalue weighted by Crippen LogP contribution is 2.31. The topological polar surface area (TPSA) is 113 Å². The number of amides is 1. The van der Waals surface area contributed by atoms with Gasteiger partial charge in [0.05, 0.1) is 17.2 Å². The van der Waals surface area contributed by atoms with Gasteiger partial charge in [0.25, 0.3) is 5.56 Å². The second-order valence-electron chi connectivity index (χ2n) is 8.33. The van der Waals surface area contributed by atoms with Gasteiger partial charge in [0, 0.05) is 37.3 Å². The van der Waals surface area contributed by atoms with E-state index >= 15 is 0 Å². The third-order valence-electron chi connectivity index (χ3n) is 6.40. The van der Waals surface area contributed by atoms with Crippen molar-refractivity contribution in [1.82, 2.24) is 19.4 Å². The van der Waals surface area contributed by atoms with Crippen LogP contribution >= 0.6 is 0 Å². The van der Waals surface area contributed by atoms with Gasteiger partial charge in [-0.05, 0) is 56.2 Å². The van der Waals surface area contributed by atoms with Crippen LogP contribution in [0, 0.1) is 0 Å². The minimum absolute atomic E-state index is 0.161. The van der Waals surface area contributed by atoms with Gasteiger partial charge in [-0.15, -0.1) is 0 Å². The van der Waals surface area contributed by atoms with Crippen molar-refractivity contribution in [3.05, 3.63) is 45.2 Å². The van der Waals surface area contributed by atoms with E-state index in [1.165, 1.54) is 9.21 Å². The number of sulfonamides is 1. The molecule has 0 radical (unpaired) electrons. The van der Waals surface area contributed by atoms with Gasteiger partial charge >= 0.3 is 6.09 Å². The van der Waals surface area contributed by atoms with Gasteiger partial charge in [0.2, 0.25) is 10.0 Å². The van der Waals surface area contributed by atoms with Crippen LogP contribution in [0.3, 0.4) is 0 Å². The highest BCUT2D eigenvalue weighted by Gasteiger charge is 2.32. The molecule has 2 aliphatic rings. The molecule has 10 heteroatoms. The SMILES string of the molecule is CCOC(=O)N1CCN(S(=O)(=O)c2cc(-c3n[nH]c(=O)c4c3CCCC4)ccc2CC)CC1. The minimum atomic E-state index is -3.77. The van der Waals surface area contributed by atoms with Crippen LogP contribution in [-0.4, -0.2) is 66.7 Å². The number of aromatic amines is 1. The zero-order valence-corrected chi connectivity index (χ0v) is 19.9. The number of carbonyl (C=O) groups is 1. The quantitative estimate of drug-likeness (QED) is 0.712. The summed E-state index contributed by atoms with van der Waals surface area (Å²) >= 11 is 0. The van der Waals surface area contributed by atoms with Gasteiger partial charge in [-0.3, -0.25) is 4.79 Å². The maximum absolute atomic E-state index is 13.6. The number of aromatic nitrogens is 2. The second kappa shape index (κ2) is 9.64. The summed E-state index contributed by atoms with van der Waals surface area (Å²) in [5.74, 6) is 0. The molecule has 1 aliphatic heterocycles. The summed E-state index contributed by atoms with van der Waals surface area (Å²) in [6.07, 6.45) is 3.56. The lowest BCUT2D eigenvalue weighted by Gasteiger charge is -2.33. The lowest BCUT2D eigenvalue weighted by atomic mass is 9.89. The van der Waals surface area contributed by atoms with Crippen molar-refractivity contribution in [2.45, 2.75) is 50.8 Å². The van der Waals surface area contributed by atoms with Crippen LogP contribution in [0.15, 0.2) is 27.9 Å². The van der Waals surface area contributed by atoms with E-state index in [-0.39, 0.29) is 43.2 Å². The average Bonchev–Trinajstić information content (AvgIpc) is 2.84. The molecule has 1 N–H and O–H groups in total. The minimum Gasteiger partial charge on any atom is -0.450 e. The molecule has 2 aromatic rings. The maximum Gasteiger partial charge on any atom is 0.409 e. The molecule has 0 atom stereocenters. The summed E-state index contributed by atoms with van der Waals surface area (Å²) in [7, 11) is -3.77. The highest BCUT2D eigenvalue weighted by atomic mass is 32.2. The van der Waals surface area contributed by atoms with E-state index in [0.717, 1.165) is 36.0 Å². The van der Waals surface area contributed by atoms with E-state index in [1.54, 1.807) is 13.0 Å². The van der Waals surface area contributed by atoms with Gasteiger partial charge < -0.3 is 9.64 Å². The van der Waals surface area contributed by atoms with Crippen molar-refractivity contribution in [2.75, 3.05) is 32.8 Å². The Morgan fingerprint density at radius 2 is 1.79 bits per heavy atom. The summed E-state index contributed by atoms with van der Waals surface area (Å²) in [5, 5.41) is 6.88. The molecule has 1 aromatic carbocycles. The number of nitrogens with one attached hydrogen (secondary N) is 1. The van der Waals surface area contributed by atoms with Crippen molar-refractivity contribution >= 4 is 16.1 Å². The molecule has 4 rings (SSSR count). The molecule has 1 aromatic heterocycles. The maximum atomic E-state index is 13.6. The Morgan fingerprint density at radius 3 is 2.45 bits per heavy atom. The van der Waals surface area contributed by atoms with E-state index in [0.29, 0.717) is 24.1 Å². The normalized spacial score (nSPS) is 17.0. The number of piperazine rings is 1. The molecule has 9 nitrogen and oxygen atoms in total. The Balaban J connectivity index is 1.67. The first-order valence-corrected chi connectivity index (χ1v) is 13.0. The summed E-state index contributed by atoms with van der Waals surface area (Å²) < 4.78 is 33.7. The van der Waals surface area contributed by atoms with E-state index in [2.05, 4.69) is 10.2 Å². The van der Waals surface area contributed by atoms with E-state index in [1.807, 2.05) is 19.1 Å². The van der Waals surface area contributed by atoms with Crippen LogP contribution in [0.25, 0.3) is 11.3 Å². The monoisotopic (exact) mass is 474 g/mol. The molecule has 1 saturated heterocycles. The first kappa shape index (κ1) is 23.4. The van der Waals surface area contributed by atoms with E-state index in [4.69, 9.17) is 4.74 Å². The third kappa shape index (κ3) is 4.54. The van der Waals surface area contributed by atoms with Crippen LogP contribution in [-0.2, 0) is 34.0 Å². The van der Waals surface area contributed by atoms with Crippen LogP contribution in [0.2, 0.25) is 0 Å². The van der Waals surface area contributed by atoms with Crippen molar-refractivity contribution in [1.29, 1.82) is 0 Å². The Morgan fingerprint density at radius 1 is 1.09 bits per heavy atom. The van der Waals surface area contributed by atoms with Gasteiger partial charge in [-0.2, -0.15) is 9.40 Å². The van der Waals surface area contributed by atoms with Crippen LogP contribution < -0.4 is 5.56 Å². The molecule has 1 fully saturated rings. The van der Waals surface area contributed by atoms with Gasteiger partial charge in [-0.1, -0.05) is 19.1 Å². The second-order valence-corrected chi connectivity index (χ2v) is 10.2. The predicted molar refractivity (Wildman–Crippen MR) is 124 cm³/mol. The van der Waals surface area contributed by atoms with Crippen LogP contribution in [0.4, 0.5) is 4.79 Å². The fourth-order valence-electron chi connectivity index (χ4n) is 4.60. The molecule has 0 saturated carbocycles. The molecular weight excluding hydrogens is 444 g/mol. The molecule has 2 heterocycles. The number of hydrogen-bond acceptors (Lipinski definition) is 6. The number of carbonyl (C=O) groups excluding carboxylic acids is 1. The van der Waals surface area contributed by atoms with Crippen molar-refractivity contribution in [3.63, 3.8) is 0 Å². The number of ether oxygens (including phenoxy) is 1. The zero-order chi connectivity index (χ0) is 23.6. The van der Waals surface area contributed by atoms with Crippen molar-refractivity contribution in [2.24, 2.45) is 0 Å². The number of nitrogens with zero attached hydrogens (tertiary/aromatic N) is 3. The van der Waals surface area contributed by atoms with Crippen molar-refractivity contribution in [3.8, 4) is 11.3 Å². The zero-order valence-electron chi connectivity index (χ0n) is 19.1. The van der Waals surface area contributed by atoms with E-state index in [9.17, 15) is 18.0 Å². The molecule has 1 aliphatic carbocycles. The number of aryl methyl sites for hydroxylation is 1. The molecule has 178 valence electrons. The largest absolute Gasteiger partial charge is 0.450 e. The number of H-pyrrole nitrogens is 1. The van der Waals surface area contributed by atoms with Gasteiger partial charge in [0.1, 0.15) is 0 Å². The average molecular weight is 475 g/mol. The first-order valence-electron chi connectivity index (χ1n) is 11.5. The van der Waals surface area contributed by atoms with Gasteiger partial charge in [-0.25, -0.2) is 18.3 Å². The highest BCUT2D eigenvalue weighted by molar-refractivity contribution is 7.89. The molecular formula is C23H30N4O5S. The molecule has 0 bridgehead atoms. The molecule has 0 spiro atoms. The predicted octanol–water partition coefficient (Wildman–Crippen LogP) is 2.34. The summed E-state index contributed by atoms with van der Waals surface area (Å²) in [5.41, 5.74) is 3.57. The van der Waals surface area contributed by atoms with Crippen molar-refractivity contribution < 1.29 is 17.9 Å². The number of hydrogen-bond donors (Lipinski definition) is 1. The lowest BCUT2D eigenvalue weighted by Crippen LogP contribution is -2.50. The van der Waals surface area contributed by atoms with Crippen LogP contribution in [0.5, 0.6) is 0 Å². The number of benzene rings is 1. The fourth-order valence-corrected chi connectivity index (χ4v) is 6.34. The number of rotatable bonds is 5. The van der Waals surface area contributed by atoms with Crippen LogP contribution in [0.1, 0.15) is 43.4 Å². The Hall–Kier alpha value is -2.72. The molecule has 1 amide bonds. The Labute approximate surface area is 193 Å². The van der Waals surface area contributed by atoms with E-state index < -0.39 is 16.1 Å². The molecule has 33 heavy (non-hydrogen) atoms. The summed E-state index contributed by atoms with van der Waals surface area (Å²) in [4.78, 5) is 26.0. The third-order valence-corrected chi connectivity index (χ3v) is 8.38. The summed E-state index contributed by atoms with van der Waals surface area (Å²) in [6, 6.07) is 5.40. The lowest BCUT2D eigenvalue weighted by molar-refractivity contribution is 0.0934. The standard InChI is InChI=1S/C23H30N4O5S/c1-3-16-9-10-17(21-18-7-5-6-8-19(18)22(28)25-24-21)15-20(16)33(30,31)27-13-11-26(12-14-27)23(29)32-4-2/h9-10,15H,3-8,11-14H2,1-2H3,(H,25,28). The Bertz CT molecular complexity index is 1200.